The standard InChI is InChI=1S/C30H60N4O3/c1-4-5-6-7-8-9-10-11-12-15-18-21-28(35)32-25-26-33-30(37)23-22-29(36)31-24-19-16-13-14-17-20-27-34(2)3/h4-27H2,1-3H3,(H,31,36)(H,32,35)(H,33,37). The summed E-state index contributed by atoms with van der Waals surface area (Å²) in [6.45, 7) is 4.92. The third-order valence-corrected chi connectivity index (χ3v) is 6.71. The first-order valence-corrected chi connectivity index (χ1v) is 15.4. The summed E-state index contributed by atoms with van der Waals surface area (Å²) >= 11 is 0. The third-order valence-electron chi connectivity index (χ3n) is 6.71. The molecular weight excluding hydrogens is 464 g/mol. The van der Waals surface area contributed by atoms with E-state index in [9.17, 15) is 14.4 Å². The molecule has 7 nitrogen and oxygen atoms in total. The van der Waals surface area contributed by atoms with Gasteiger partial charge in [0.25, 0.3) is 0 Å². The van der Waals surface area contributed by atoms with Gasteiger partial charge in [-0.05, 0) is 39.9 Å². The highest BCUT2D eigenvalue weighted by Crippen LogP contribution is 2.12. The second-order valence-corrected chi connectivity index (χ2v) is 10.8. The van der Waals surface area contributed by atoms with Crippen LogP contribution < -0.4 is 16.0 Å². The highest BCUT2D eigenvalue weighted by atomic mass is 16.2. The van der Waals surface area contributed by atoms with Gasteiger partial charge in [0.1, 0.15) is 0 Å². The van der Waals surface area contributed by atoms with Gasteiger partial charge in [-0.15, -0.1) is 0 Å². The van der Waals surface area contributed by atoms with Crippen molar-refractivity contribution < 1.29 is 14.4 Å². The van der Waals surface area contributed by atoms with Gasteiger partial charge in [-0.1, -0.05) is 96.8 Å². The summed E-state index contributed by atoms with van der Waals surface area (Å²) in [5.74, 6) is -0.160. The molecule has 0 atom stereocenters. The maximum atomic E-state index is 11.9. The number of nitrogens with one attached hydrogen (secondary N) is 3. The Balaban J connectivity index is 3.42. The Morgan fingerprint density at radius 2 is 0.838 bits per heavy atom. The van der Waals surface area contributed by atoms with E-state index in [0.29, 0.717) is 26.1 Å². The van der Waals surface area contributed by atoms with Crippen LogP contribution in [0.15, 0.2) is 0 Å². The number of hydrogen-bond acceptors (Lipinski definition) is 4. The van der Waals surface area contributed by atoms with Gasteiger partial charge >= 0.3 is 0 Å². The lowest BCUT2D eigenvalue weighted by molar-refractivity contribution is -0.126. The number of nitrogens with zero attached hydrogens (tertiary/aromatic N) is 1. The van der Waals surface area contributed by atoms with Crippen LogP contribution in [0, 0.1) is 0 Å². The fraction of sp³-hybridized carbons (Fsp3) is 0.900. The van der Waals surface area contributed by atoms with Crippen molar-refractivity contribution in [2.45, 2.75) is 135 Å². The fourth-order valence-electron chi connectivity index (χ4n) is 4.33. The molecule has 0 heterocycles. The van der Waals surface area contributed by atoms with E-state index < -0.39 is 0 Å². The summed E-state index contributed by atoms with van der Waals surface area (Å²) in [6.07, 6.45) is 22.0. The Hall–Kier alpha value is -1.63. The Bertz CT molecular complexity index is 555. The maximum absolute atomic E-state index is 11.9. The molecule has 37 heavy (non-hydrogen) atoms. The van der Waals surface area contributed by atoms with Crippen molar-refractivity contribution in [3.8, 4) is 0 Å². The van der Waals surface area contributed by atoms with Crippen molar-refractivity contribution in [2.75, 3.05) is 40.3 Å². The molecule has 0 saturated heterocycles. The van der Waals surface area contributed by atoms with Crippen molar-refractivity contribution >= 4 is 17.7 Å². The Morgan fingerprint density at radius 3 is 1.32 bits per heavy atom. The summed E-state index contributed by atoms with van der Waals surface area (Å²) in [5.41, 5.74) is 0. The Morgan fingerprint density at radius 1 is 0.459 bits per heavy atom. The van der Waals surface area contributed by atoms with Gasteiger partial charge in [-0.3, -0.25) is 14.4 Å². The van der Waals surface area contributed by atoms with E-state index in [1.807, 2.05) is 0 Å². The highest BCUT2D eigenvalue weighted by molar-refractivity contribution is 5.83. The van der Waals surface area contributed by atoms with Gasteiger partial charge in [0, 0.05) is 38.9 Å². The molecule has 0 aliphatic rings. The first kappa shape index (κ1) is 35.4. The zero-order chi connectivity index (χ0) is 27.4. The van der Waals surface area contributed by atoms with E-state index in [0.717, 1.165) is 32.2 Å². The molecule has 0 aliphatic heterocycles. The molecule has 218 valence electrons. The molecule has 7 heteroatoms. The van der Waals surface area contributed by atoms with Crippen molar-refractivity contribution in [1.82, 2.24) is 20.9 Å². The highest BCUT2D eigenvalue weighted by Gasteiger charge is 2.07. The lowest BCUT2D eigenvalue weighted by Crippen LogP contribution is -2.35. The van der Waals surface area contributed by atoms with Crippen LogP contribution in [-0.2, 0) is 14.4 Å². The van der Waals surface area contributed by atoms with Crippen molar-refractivity contribution in [2.24, 2.45) is 0 Å². The zero-order valence-electron chi connectivity index (χ0n) is 24.6. The molecule has 0 spiro atoms. The van der Waals surface area contributed by atoms with Crippen LogP contribution in [0.2, 0.25) is 0 Å². The zero-order valence-corrected chi connectivity index (χ0v) is 24.6. The molecule has 0 aromatic rings. The van der Waals surface area contributed by atoms with Gasteiger partial charge in [0.15, 0.2) is 0 Å². The summed E-state index contributed by atoms with van der Waals surface area (Å²) in [5, 5.41) is 8.54. The minimum absolute atomic E-state index is 0.0538. The van der Waals surface area contributed by atoms with E-state index in [4.69, 9.17) is 0 Å². The predicted octanol–water partition coefficient (Wildman–Crippen LogP) is 5.72. The number of rotatable bonds is 27. The van der Waals surface area contributed by atoms with Gasteiger partial charge < -0.3 is 20.9 Å². The molecule has 0 aromatic carbocycles. The van der Waals surface area contributed by atoms with E-state index >= 15 is 0 Å². The number of amides is 3. The van der Waals surface area contributed by atoms with Crippen molar-refractivity contribution in [3.63, 3.8) is 0 Å². The normalized spacial score (nSPS) is 11.0. The second kappa shape index (κ2) is 27.4. The lowest BCUT2D eigenvalue weighted by Gasteiger charge is -2.09. The molecule has 0 radical (unpaired) electrons. The first-order valence-electron chi connectivity index (χ1n) is 15.4. The van der Waals surface area contributed by atoms with Gasteiger partial charge in [0.05, 0.1) is 0 Å². The van der Waals surface area contributed by atoms with Gasteiger partial charge in [-0.25, -0.2) is 0 Å². The van der Waals surface area contributed by atoms with Crippen LogP contribution in [0.25, 0.3) is 0 Å². The number of unbranched alkanes of at least 4 members (excludes halogenated alkanes) is 15. The molecular formula is C30H60N4O3. The first-order chi connectivity index (χ1) is 18.0. The Kier molecular flexibility index (Phi) is 26.2. The SMILES string of the molecule is CCCCCCCCCCCCCC(=O)NCCNC(=O)CCC(=O)NCCCCCCCCN(C)C. The molecule has 0 fully saturated rings. The minimum atomic E-state index is -0.146. The summed E-state index contributed by atoms with van der Waals surface area (Å²) < 4.78 is 0. The fourth-order valence-corrected chi connectivity index (χ4v) is 4.33. The summed E-state index contributed by atoms with van der Waals surface area (Å²) in [6, 6.07) is 0. The number of carbonyl (C=O) groups excluding carboxylic acids is 3. The van der Waals surface area contributed by atoms with E-state index in [1.54, 1.807) is 0 Å². The van der Waals surface area contributed by atoms with Gasteiger partial charge in [-0.2, -0.15) is 0 Å². The van der Waals surface area contributed by atoms with Crippen LogP contribution >= 0.6 is 0 Å². The molecule has 0 unspecified atom stereocenters. The van der Waals surface area contributed by atoms with E-state index in [-0.39, 0.29) is 30.6 Å². The van der Waals surface area contributed by atoms with Crippen molar-refractivity contribution in [1.29, 1.82) is 0 Å². The quantitative estimate of drug-likeness (QED) is 0.120. The minimum Gasteiger partial charge on any atom is -0.356 e. The molecule has 3 N–H and O–H groups in total. The largest absolute Gasteiger partial charge is 0.356 e. The molecule has 0 aromatic heterocycles. The molecule has 0 saturated carbocycles. The molecule has 0 bridgehead atoms. The second-order valence-electron chi connectivity index (χ2n) is 10.8. The van der Waals surface area contributed by atoms with Crippen LogP contribution in [0.4, 0.5) is 0 Å². The lowest BCUT2D eigenvalue weighted by atomic mass is 10.1. The smallest absolute Gasteiger partial charge is 0.220 e. The predicted molar refractivity (Wildman–Crippen MR) is 156 cm³/mol. The summed E-state index contributed by atoms with van der Waals surface area (Å²) in [4.78, 5) is 38.0. The Labute approximate surface area is 228 Å². The average molecular weight is 525 g/mol. The van der Waals surface area contributed by atoms with Crippen molar-refractivity contribution in [3.05, 3.63) is 0 Å². The van der Waals surface area contributed by atoms with Crippen LogP contribution in [-0.4, -0.2) is 62.9 Å². The topological polar surface area (TPSA) is 90.5 Å². The average Bonchev–Trinajstić information content (AvgIpc) is 2.87. The number of hydrogen-bond donors (Lipinski definition) is 3. The molecule has 3 amide bonds. The monoisotopic (exact) mass is 524 g/mol. The van der Waals surface area contributed by atoms with Crippen LogP contribution in [0.1, 0.15) is 135 Å². The van der Waals surface area contributed by atoms with E-state index in [1.165, 1.54) is 83.5 Å². The van der Waals surface area contributed by atoms with Crippen LogP contribution in [0.5, 0.6) is 0 Å². The van der Waals surface area contributed by atoms with Crippen LogP contribution in [0.3, 0.4) is 0 Å². The van der Waals surface area contributed by atoms with Gasteiger partial charge in [0.2, 0.25) is 17.7 Å². The maximum Gasteiger partial charge on any atom is 0.220 e. The third kappa shape index (κ3) is 28.8. The number of carbonyl (C=O) groups is 3. The summed E-state index contributed by atoms with van der Waals surface area (Å²) in [7, 11) is 4.21. The molecule has 0 aliphatic carbocycles. The molecule has 0 rings (SSSR count). The van der Waals surface area contributed by atoms with E-state index in [2.05, 4.69) is 41.9 Å².